The maximum absolute atomic E-state index is 4.70. The minimum Gasteiger partial charge on any atom is -0.293 e. The molecule has 322 valence electrons. The highest BCUT2D eigenvalue weighted by atomic mass is 15.4. The summed E-state index contributed by atoms with van der Waals surface area (Å²) < 4.78 is 0. The third-order valence-electron chi connectivity index (χ3n) is 22.9. The Morgan fingerprint density at radius 1 is 0.561 bits per heavy atom. The first kappa shape index (κ1) is 39.7. The van der Waals surface area contributed by atoms with Crippen molar-refractivity contribution in [2.45, 2.75) is 238 Å². The molecular formula is C53H90N4. The summed E-state index contributed by atoms with van der Waals surface area (Å²) in [6.45, 7) is 13.7. The van der Waals surface area contributed by atoms with Gasteiger partial charge in [-0.3, -0.25) is 20.4 Å². The second-order valence-electron chi connectivity index (χ2n) is 25.2. The van der Waals surface area contributed by atoms with Crippen LogP contribution in [0, 0.1) is 87.3 Å². The van der Waals surface area contributed by atoms with Gasteiger partial charge in [0, 0.05) is 24.0 Å². The van der Waals surface area contributed by atoms with Crippen molar-refractivity contribution in [1.82, 2.24) is 20.4 Å². The fourth-order valence-electron chi connectivity index (χ4n) is 20.9. The summed E-state index contributed by atoms with van der Waals surface area (Å²) >= 11 is 0. The van der Waals surface area contributed by atoms with Crippen LogP contribution >= 0.6 is 0 Å². The van der Waals surface area contributed by atoms with Gasteiger partial charge in [-0.05, 0) is 178 Å². The van der Waals surface area contributed by atoms with Gasteiger partial charge in [-0.2, -0.15) is 0 Å². The largest absolute Gasteiger partial charge is 0.293 e. The van der Waals surface area contributed by atoms with E-state index in [1.165, 1.54) is 116 Å². The van der Waals surface area contributed by atoms with E-state index in [0.717, 1.165) is 89.1 Å². The molecule has 2 saturated heterocycles. The number of fused-ring (bicyclic) bond motifs is 3. The molecule has 2 aliphatic heterocycles. The molecule has 0 bridgehead atoms. The summed E-state index contributed by atoms with van der Waals surface area (Å²) in [5, 5.41) is 9.37. The van der Waals surface area contributed by atoms with Crippen molar-refractivity contribution in [3.05, 3.63) is 0 Å². The van der Waals surface area contributed by atoms with E-state index in [1.807, 2.05) is 0 Å². The third kappa shape index (κ3) is 5.82. The van der Waals surface area contributed by atoms with Crippen molar-refractivity contribution in [3.63, 3.8) is 0 Å². The lowest BCUT2D eigenvalue weighted by molar-refractivity contribution is -0.333. The Labute approximate surface area is 351 Å². The zero-order chi connectivity index (χ0) is 38.8. The molecule has 4 nitrogen and oxygen atoms in total. The average Bonchev–Trinajstić information content (AvgIpc) is 3.52. The third-order valence-corrected chi connectivity index (χ3v) is 22.9. The highest BCUT2D eigenvalue weighted by molar-refractivity contribution is 5.36. The van der Waals surface area contributed by atoms with Gasteiger partial charge >= 0.3 is 0 Å². The predicted molar refractivity (Wildman–Crippen MR) is 236 cm³/mol. The molecule has 2 N–H and O–H groups in total. The monoisotopic (exact) mass is 783 g/mol. The van der Waals surface area contributed by atoms with Crippen molar-refractivity contribution in [3.8, 4) is 0 Å². The Bertz CT molecular complexity index is 1420. The van der Waals surface area contributed by atoms with Crippen LogP contribution in [0.2, 0.25) is 0 Å². The smallest absolute Gasteiger partial charge is 0.0648 e. The zero-order valence-electron chi connectivity index (χ0n) is 38.2. The van der Waals surface area contributed by atoms with Crippen LogP contribution in [-0.2, 0) is 0 Å². The fourth-order valence-corrected chi connectivity index (χ4v) is 20.9. The van der Waals surface area contributed by atoms with Crippen molar-refractivity contribution < 1.29 is 0 Å². The lowest BCUT2D eigenvalue weighted by Gasteiger charge is -2.82. The molecule has 0 aromatic heterocycles. The molecule has 18 unspecified atom stereocenters. The van der Waals surface area contributed by atoms with E-state index in [2.05, 4.69) is 56.8 Å². The molecular weight excluding hydrogens is 693 g/mol. The number of likely N-dealkylation sites (tertiary alicyclic amines) is 1. The minimum absolute atomic E-state index is 0.451. The quantitative estimate of drug-likeness (QED) is 0.291. The van der Waals surface area contributed by atoms with E-state index >= 15 is 0 Å². The van der Waals surface area contributed by atoms with Crippen LogP contribution in [0.4, 0.5) is 0 Å². The highest BCUT2D eigenvalue weighted by Gasteiger charge is 2.86. The lowest BCUT2D eigenvalue weighted by atomic mass is 9.23. The molecule has 0 aromatic rings. The summed E-state index contributed by atoms with van der Waals surface area (Å²) in [5.74, 6) is 10.7. The van der Waals surface area contributed by atoms with Gasteiger partial charge in [0.25, 0.3) is 0 Å². The van der Waals surface area contributed by atoms with Crippen LogP contribution in [0.1, 0.15) is 202 Å². The number of hydrogen-bond donors (Lipinski definition) is 2. The molecule has 57 heavy (non-hydrogen) atoms. The molecule has 11 aliphatic rings. The lowest BCUT2D eigenvalue weighted by Crippen LogP contribution is -2.82. The Kier molecular flexibility index (Phi) is 10.4. The maximum Gasteiger partial charge on any atom is 0.0648 e. The first-order valence-corrected chi connectivity index (χ1v) is 26.7. The van der Waals surface area contributed by atoms with E-state index in [-0.39, 0.29) is 0 Å². The number of nitrogens with one attached hydrogen (secondary N) is 2. The molecule has 11 rings (SSSR count). The van der Waals surface area contributed by atoms with Gasteiger partial charge in [0.1, 0.15) is 0 Å². The molecule has 2 heterocycles. The molecule has 0 aromatic carbocycles. The molecule has 4 heteroatoms. The molecule has 9 aliphatic carbocycles. The van der Waals surface area contributed by atoms with E-state index in [1.54, 1.807) is 51.4 Å². The van der Waals surface area contributed by atoms with Crippen LogP contribution in [0.25, 0.3) is 0 Å². The van der Waals surface area contributed by atoms with Gasteiger partial charge in [0.05, 0.1) is 18.5 Å². The van der Waals surface area contributed by atoms with Crippen LogP contribution < -0.4 is 10.6 Å². The fraction of sp³-hybridized carbons (Fsp3) is 1.00. The Morgan fingerprint density at radius 3 is 1.93 bits per heavy atom. The van der Waals surface area contributed by atoms with Crippen molar-refractivity contribution in [2.75, 3.05) is 7.05 Å². The minimum atomic E-state index is 0.451. The summed E-state index contributed by atoms with van der Waals surface area (Å²) in [6, 6.07) is 2.47. The first-order valence-electron chi connectivity index (χ1n) is 26.7. The number of nitrogens with zero attached hydrogens (tertiary/aromatic N) is 2. The molecule has 0 radical (unpaired) electrons. The van der Waals surface area contributed by atoms with Gasteiger partial charge in [-0.1, -0.05) is 112 Å². The van der Waals surface area contributed by atoms with Gasteiger partial charge in [-0.15, -0.1) is 0 Å². The Morgan fingerprint density at radius 2 is 1.21 bits per heavy atom. The zero-order valence-corrected chi connectivity index (χ0v) is 38.2. The van der Waals surface area contributed by atoms with E-state index < -0.39 is 0 Å². The van der Waals surface area contributed by atoms with Crippen LogP contribution in [0.5, 0.6) is 0 Å². The summed E-state index contributed by atoms with van der Waals surface area (Å²) in [5.41, 5.74) is 1.86. The molecule has 11 fully saturated rings. The normalized spacial score (nSPS) is 56.3. The van der Waals surface area contributed by atoms with Crippen molar-refractivity contribution in [1.29, 1.82) is 0 Å². The van der Waals surface area contributed by atoms with Gasteiger partial charge in [0.15, 0.2) is 0 Å². The van der Waals surface area contributed by atoms with Gasteiger partial charge in [-0.25, -0.2) is 0 Å². The summed E-state index contributed by atoms with van der Waals surface area (Å²) in [6.07, 6.45) is 40.6. The highest BCUT2D eigenvalue weighted by Crippen LogP contribution is 2.87. The van der Waals surface area contributed by atoms with E-state index in [0.29, 0.717) is 34.7 Å². The van der Waals surface area contributed by atoms with E-state index in [4.69, 9.17) is 5.32 Å². The van der Waals surface area contributed by atoms with Gasteiger partial charge in [0.2, 0.25) is 0 Å². The molecule has 2 spiro atoms. The molecule has 0 amide bonds. The molecule has 18 atom stereocenters. The topological polar surface area (TPSA) is 30.5 Å². The Hall–Kier alpha value is -0.160. The van der Waals surface area contributed by atoms with Crippen molar-refractivity contribution in [2.24, 2.45) is 87.3 Å². The second-order valence-corrected chi connectivity index (χ2v) is 25.2. The number of hydrogen-bond acceptors (Lipinski definition) is 4. The van der Waals surface area contributed by atoms with Gasteiger partial charge < -0.3 is 0 Å². The predicted octanol–water partition coefficient (Wildman–Crippen LogP) is 12.2. The average molecular weight is 783 g/mol. The van der Waals surface area contributed by atoms with Crippen molar-refractivity contribution >= 4 is 0 Å². The second kappa shape index (κ2) is 15.0. The Balaban J connectivity index is 1.01. The van der Waals surface area contributed by atoms with E-state index in [9.17, 15) is 0 Å². The number of rotatable bonds is 5. The first-order chi connectivity index (χ1) is 27.7. The summed E-state index contributed by atoms with van der Waals surface area (Å²) in [4.78, 5) is 6.51. The standard InChI is InChI=1S/C53H90N4/c1-33-27-34(2)29-40(28-33)50-55-48(54-49(56(50)6)38-19-11-8-12-20-38)42-31-41-21-13-15-25-51(41,5)36(4)46(42)57-45-30-39(37-17-9-7-10-18-37)23-24-43(45)53-35(3)32-52(53)26-16-14-22-44(52)47(53)57/h33-50,54-55H,7-32H2,1-6H3. The van der Waals surface area contributed by atoms with Crippen LogP contribution in [0.15, 0.2) is 0 Å². The SMILES string of the molecule is CC1CC(C)CC(C2NC(C3CC4CCCCC4(C)C(C)C3N3C4CC(C5CCCCC5)CCC4C45C(C)CC46CCCCC6C35)NC(C3CCCCC3)N2C)C1. The van der Waals surface area contributed by atoms with Crippen LogP contribution in [0.3, 0.4) is 0 Å². The maximum atomic E-state index is 4.70. The molecule has 9 saturated carbocycles. The van der Waals surface area contributed by atoms with Crippen LogP contribution in [-0.4, -0.2) is 53.5 Å². The summed E-state index contributed by atoms with van der Waals surface area (Å²) in [7, 11) is 2.56.